The van der Waals surface area contributed by atoms with Crippen molar-refractivity contribution in [3.63, 3.8) is 0 Å². The molecule has 0 heterocycles. The average Bonchev–Trinajstić information content (AvgIpc) is 2.48. The number of rotatable bonds is 15. The van der Waals surface area contributed by atoms with Crippen molar-refractivity contribution >= 4 is 17.8 Å². The summed E-state index contributed by atoms with van der Waals surface area (Å²) in [4.78, 5) is 33.1. The third-order valence-corrected chi connectivity index (χ3v) is 3.62. The van der Waals surface area contributed by atoms with E-state index < -0.39 is 18.0 Å². The van der Waals surface area contributed by atoms with Gasteiger partial charge in [-0.25, -0.2) is 4.79 Å². The van der Waals surface area contributed by atoms with Crippen LogP contribution in [0.4, 0.5) is 0 Å². The third kappa shape index (κ3) is 16.8. The van der Waals surface area contributed by atoms with Gasteiger partial charge in [-0.05, 0) is 38.6 Å². The fourth-order valence-electron chi connectivity index (χ4n) is 2.29. The van der Waals surface area contributed by atoms with Crippen LogP contribution in [0.1, 0.15) is 72.1 Å². The maximum atomic E-state index is 11.7. The maximum Gasteiger partial charge on any atom is 1.00 e. The number of carboxylic acids is 2. The van der Waals surface area contributed by atoms with Crippen LogP contribution in [0.15, 0.2) is 0 Å². The third-order valence-electron chi connectivity index (χ3n) is 3.62. The Labute approximate surface area is 188 Å². The monoisotopic (exact) mass is 370 g/mol. The molecule has 0 aromatic heterocycles. The summed E-state index contributed by atoms with van der Waals surface area (Å²) in [6.45, 7) is 0.521. The van der Waals surface area contributed by atoms with Crippen LogP contribution in [0.25, 0.3) is 0 Å². The summed E-state index contributed by atoms with van der Waals surface area (Å²) >= 11 is 0. The Bertz CT molecular complexity index is 372. The average molecular weight is 371 g/mol. The summed E-state index contributed by atoms with van der Waals surface area (Å²) < 4.78 is 0. The van der Waals surface area contributed by atoms with E-state index in [1.807, 2.05) is 0 Å². The number of nitrogens with one attached hydrogen (secondary N) is 1. The molecule has 0 fully saturated rings. The molecule has 0 unspecified atom stereocenters. The minimum Gasteiger partial charge on any atom is -1.00 e. The fourth-order valence-corrected chi connectivity index (χ4v) is 2.29. The maximum absolute atomic E-state index is 11.7. The number of unbranched alkanes of at least 4 members (excludes halogenated alkanes) is 6. The van der Waals surface area contributed by atoms with Crippen LogP contribution in [0.2, 0.25) is 0 Å². The number of nitrogens with two attached hydrogens (primary N) is 1. The first-order valence-electron chi connectivity index (χ1n) is 8.41. The van der Waals surface area contributed by atoms with Gasteiger partial charge in [-0.2, -0.15) is 0 Å². The quantitative estimate of drug-likeness (QED) is 0.216. The van der Waals surface area contributed by atoms with Crippen molar-refractivity contribution in [3.05, 3.63) is 0 Å². The van der Waals surface area contributed by atoms with Crippen LogP contribution in [0.5, 0.6) is 0 Å². The summed E-state index contributed by atoms with van der Waals surface area (Å²) in [6.07, 6.45) is 7.51. The largest absolute Gasteiger partial charge is 1.00 e. The predicted octanol–water partition coefficient (Wildman–Crippen LogP) is -0.993. The molecule has 0 saturated carbocycles. The van der Waals surface area contributed by atoms with Gasteiger partial charge in [-0.15, -0.1) is 0 Å². The molecule has 0 spiro atoms. The second kappa shape index (κ2) is 17.8. The van der Waals surface area contributed by atoms with E-state index in [1.54, 1.807) is 0 Å². The molecule has 0 aliphatic rings. The van der Waals surface area contributed by atoms with Gasteiger partial charge in [-0.1, -0.05) is 25.7 Å². The molecule has 7 nitrogen and oxygen atoms in total. The van der Waals surface area contributed by atoms with Gasteiger partial charge in [0.1, 0.15) is 6.04 Å². The van der Waals surface area contributed by atoms with Gasteiger partial charge < -0.3 is 22.7 Å². The van der Waals surface area contributed by atoms with E-state index in [-0.39, 0.29) is 65.1 Å². The van der Waals surface area contributed by atoms with E-state index in [4.69, 9.17) is 15.9 Å². The van der Waals surface area contributed by atoms with E-state index in [0.717, 1.165) is 38.5 Å². The molecule has 0 aliphatic carbocycles. The van der Waals surface area contributed by atoms with Gasteiger partial charge in [0.15, 0.2) is 0 Å². The van der Waals surface area contributed by atoms with Crippen molar-refractivity contribution in [1.29, 1.82) is 0 Å². The van der Waals surface area contributed by atoms with Crippen molar-refractivity contribution in [1.82, 2.24) is 5.32 Å². The standard InChI is InChI=1S/C16H30N2O5.K.H/c17-12-8-7-9-13(16(22)23)18-14(19)10-5-3-1-2-4-6-11-15(20)21;;/h13H,1-12,17H2,(H,18,19)(H,20,21)(H,22,23);;/q;+1;-1/t13-;;/m0../s1. The SMILES string of the molecule is NCCCC[C@H](NC(=O)CCCCCCCCC(=O)O)C(=O)O.[H-].[K+]. The molecule has 0 rings (SSSR count). The van der Waals surface area contributed by atoms with Crippen LogP contribution < -0.4 is 62.4 Å². The zero-order valence-corrected chi connectivity index (χ0v) is 17.9. The Morgan fingerprint density at radius 2 is 1.42 bits per heavy atom. The van der Waals surface area contributed by atoms with Crippen molar-refractivity contribution in [2.45, 2.75) is 76.7 Å². The minimum absolute atomic E-state index is 0. The van der Waals surface area contributed by atoms with Gasteiger partial charge in [0.25, 0.3) is 0 Å². The molecule has 0 saturated heterocycles. The summed E-state index contributed by atoms with van der Waals surface area (Å²) in [5, 5.41) is 20.1. The number of carbonyl (C=O) groups excluding carboxylic acids is 1. The van der Waals surface area contributed by atoms with E-state index in [1.165, 1.54) is 0 Å². The Kier molecular flexibility index (Phi) is 19.5. The number of aliphatic carboxylic acids is 2. The Morgan fingerprint density at radius 3 is 1.92 bits per heavy atom. The molecular formula is C16H31KN2O5. The molecule has 8 heteroatoms. The second-order valence-electron chi connectivity index (χ2n) is 5.76. The molecule has 1 atom stereocenters. The molecule has 0 bridgehead atoms. The number of hydrogen-bond donors (Lipinski definition) is 4. The molecule has 24 heavy (non-hydrogen) atoms. The summed E-state index contributed by atoms with van der Waals surface area (Å²) in [6, 6.07) is -0.829. The van der Waals surface area contributed by atoms with E-state index in [0.29, 0.717) is 32.2 Å². The van der Waals surface area contributed by atoms with Gasteiger partial charge in [0.05, 0.1) is 0 Å². The Balaban J connectivity index is -0.00000242. The van der Waals surface area contributed by atoms with Gasteiger partial charge in [0, 0.05) is 12.8 Å². The minimum atomic E-state index is -1.01. The smallest absolute Gasteiger partial charge is 1.00 e. The van der Waals surface area contributed by atoms with Crippen LogP contribution in [-0.4, -0.2) is 40.6 Å². The predicted molar refractivity (Wildman–Crippen MR) is 88.2 cm³/mol. The van der Waals surface area contributed by atoms with Gasteiger partial charge >= 0.3 is 63.3 Å². The van der Waals surface area contributed by atoms with Gasteiger partial charge in [0.2, 0.25) is 5.91 Å². The number of carboxylic acid groups (broad SMARTS) is 2. The van der Waals surface area contributed by atoms with Gasteiger partial charge in [-0.3, -0.25) is 9.59 Å². The Morgan fingerprint density at radius 1 is 0.875 bits per heavy atom. The molecule has 0 aromatic rings. The molecule has 136 valence electrons. The first kappa shape index (κ1) is 26.2. The molecule has 0 radical (unpaired) electrons. The first-order chi connectivity index (χ1) is 11.0. The molecule has 5 N–H and O–H groups in total. The van der Waals surface area contributed by atoms with E-state index in [2.05, 4.69) is 5.32 Å². The van der Waals surface area contributed by atoms with E-state index >= 15 is 0 Å². The van der Waals surface area contributed by atoms with Crippen molar-refractivity contribution in [2.24, 2.45) is 5.73 Å². The fraction of sp³-hybridized carbons (Fsp3) is 0.812. The summed E-state index contributed by atoms with van der Waals surface area (Å²) in [5.41, 5.74) is 5.37. The number of amides is 1. The van der Waals surface area contributed by atoms with Crippen LogP contribution in [-0.2, 0) is 14.4 Å². The summed E-state index contributed by atoms with van der Waals surface area (Å²) in [5.74, 6) is -1.99. The van der Waals surface area contributed by atoms with Crippen LogP contribution in [0, 0.1) is 0 Å². The number of carbonyl (C=O) groups is 3. The zero-order chi connectivity index (χ0) is 17.5. The van der Waals surface area contributed by atoms with Crippen molar-refractivity contribution in [2.75, 3.05) is 6.54 Å². The summed E-state index contributed by atoms with van der Waals surface area (Å²) in [7, 11) is 0. The van der Waals surface area contributed by atoms with Crippen molar-refractivity contribution < 1.29 is 77.4 Å². The molecular weight excluding hydrogens is 339 g/mol. The normalized spacial score (nSPS) is 11.4. The zero-order valence-electron chi connectivity index (χ0n) is 15.8. The van der Waals surface area contributed by atoms with Crippen LogP contribution in [0.3, 0.4) is 0 Å². The first-order valence-corrected chi connectivity index (χ1v) is 8.41. The number of hydrogen-bond acceptors (Lipinski definition) is 4. The Hall–Kier alpha value is 0.00636. The molecule has 1 amide bonds. The molecule has 0 aromatic carbocycles. The second-order valence-corrected chi connectivity index (χ2v) is 5.76. The van der Waals surface area contributed by atoms with E-state index in [9.17, 15) is 14.4 Å². The molecule has 0 aliphatic heterocycles. The topological polar surface area (TPSA) is 130 Å². The van der Waals surface area contributed by atoms with Crippen molar-refractivity contribution in [3.8, 4) is 0 Å². The van der Waals surface area contributed by atoms with Crippen LogP contribution >= 0.6 is 0 Å².